The smallest absolute Gasteiger partial charge is 0.279 e. The molecule has 0 fully saturated rings. The molecule has 0 bridgehead atoms. The number of benzene rings is 1. The van der Waals surface area contributed by atoms with Crippen molar-refractivity contribution in [2.45, 2.75) is 13.3 Å². The van der Waals surface area contributed by atoms with E-state index < -0.39 is 4.92 Å². The zero-order valence-electron chi connectivity index (χ0n) is 11.3. The molecule has 1 N–H and O–H groups in total. The van der Waals surface area contributed by atoms with E-state index in [1.54, 1.807) is 24.4 Å². The van der Waals surface area contributed by atoms with E-state index in [1.807, 2.05) is 0 Å². The Kier molecular flexibility index (Phi) is 4.84. The molecule has 106 valence electrons. The molecule has 1 aromatic heterocycles. The third-order valence-corrected chi connectivity index (χ3v) is 2.91. The van der Waals surface area contributed by atoms with Gasteiger partial charge in [0.1, 0.15) is 11.3 Å². The number of rotatable bonds is 7. The van der Waals surface area contributed by atoms with Crippen molar-refractivity contribution in [2.24, 2.45) is 0 Å². The van der Waals surface area contributed by atoms with Crippen molar-refractivity contribution in [3.05, 3.63) is 40.6 Å². The number of aromatic nitrogens is 1. The van der Waals surface area contributed by atoms with Gasteiger partial charge in [-0.1, -0.05) is 6.92 Å². The topological polar surface area (TPSA) is 77.3 Å². The van der Waals surface area contributed by atoms with Crippen LogP contribution in [0.5, 0.6) is 5.75 Å². The second-order valence-electron chi connectivity index (χ2n) is 4.30. The molecule has 2 aromatic rings. The standard InChI is InChI=1S/C14H17N3O3/c1-2-15-8-4-10-20-13-7-6-12(17(18)19)11-5-3-9-16-14(11)13/h3,5-7,9,15H,2,4,8,10H2,1H3. The van der Waals surface area contributed by atoms with Crippen LogP contribution in [0.15, 0.2) is 30.5 Å². The molecule has 6 heteroatoms. The molecule has 0 saturated heterocycles. The molecule has 0 saturated carbocycles. The summed E-state index contributed by atoms with van der Waals surface area (Å²) in [6.07, 6.45) is 2.48. The number of nitro groups is 1. The predicted molar refractivity (Wildman–Crippen MR) is 77.1 cm³/mol. The lowest BCUT2D eigenvalue weighted by Crippen LogP contribution is -2.16. The van der Waals surface area contributed by atoms with Crippen LogP contribution in [0.3, 0.4) is 0 Å². The third kappa shape index (κ3) is 3.21. The largest absolute Gasteiger partial charge is 0.491 e. The summed E-state index contributed by atoms with van der Waals surface area (Å²) in [5.41, 5.74) is 0.582. The maximum Gasteiger partial charge on any atom is 0.279 e. The fourth-order valence-electron chi connectivity index (χ4n) is 1.96. The maximum absolute atomic E-state index is 11.0. The van der Waals surface area contributed by atoms with E-state index >= 15 is 0 Å². The second-order valence-corrected chi connectivity index (χ2v) is 4.30. The van der Waals surface area contributed by atoms with E-state index in [9.17, 15) is 10.1 Å². The summed E-state index contributed by atoms with van der Waals surface area (Å²) in [5, 5.41) is 14.7. The van der Waals surface area contributed by atoms with Crippen molar-refractivity contribution >= 4 is 16.6 Å². The molecule has 0 unspecified atom stereocenters. The van der Waals surface area contributed by atoms with Gasteiger partial charge >= 0.3 is 0 Å². The first-order valence-electron chi connectivity index (χ1n) is 6.59. The minimum Gasteiger partial charge on any atom is -0.491 e. The van der Waals surface area contributed by atoms with Crippen LogP contribution >= 0.6 is 0 Å². The lowest BCUT2D eigenvalue weighted by molar-refractivity contribution is -0.383. The van der Waals surface area contributed by atoms with Gasteiger partial charge in [0, 0.05) is 12.3 Å². The highest BCUT2D eigenvalue weighted by Crippen LogP contribution is 2.31. The molecule has 20 heavy (non-hydrogen) atoms. The number of nitrogens with one attached hydrogen (secondary N) is 1. The zero-order chi connectivity index (χ0) is 14.4. The van der Waals surface area contributed by atoms with Gasteiger partial charge in [0.15, 0.2) is 0 Å². The third-order valence-electron chi connectivity index (χ3n) is 2.91. The predicted octanol–water partition coefficient (Wildman–Crippen LogP) is 2.52. The van der Waals surface area contributed by atoms with Gasteiger partial charge in [0.25, 0.3) is 5.69 Å². The van der Waals surface area contributed by atoms with Gasteiger partial charge in [-0.3, -0.25) is 15.1 Å². The lowest BCUT2D eigenvalue weighted by atomic mass is 10.1. The molecule has 0 aliphatic rings. The Bertz CT molecular complexity index is 601. The van der Waals surface area contributed by atoms with E-state index in [1.165, 1.54) is 6.07 Å². The summed E-state index contributed by atoms with van der Waals surface area (Å²) in [6.45, 7) is 4.42. The van der Waals surface area contributed by atoms with Crippen LogP contribution in [0.4, 0.5) is 5.69 Å². The Morgan fingerprint density at radius 1 is 1.40 bits per heavy atom. The van der Waals surface area contributed by atoms with Gasteiger partial charge in [-0.15, -0.1) is 0 Å². The van der Waals surface area contributed by atoms with Crippen molar-refractivity contribution in [3.8, 4) is 5.75 Å². The maximum atomic E-state index is 11.0. The zero-order valence-corrected chi connectivity index (χ0v) is 11.3. The number of ether oxygens (including phenoxy) is 1. The molecule has 0 amide bonds. The first-order chi connectivity index (χ1) is 9.74. The molecule has 0 aliphatic carbocycles. The Morgan fingerprint density at radius 2 is 2.25 bits per heavy atom. The summed E-state index contributed by atoms with van der Waals surface area (Å²) < 4.78 is 5.68. The van der Waals surface area contributed by atoms with E-state index in [4.69, 9.17) is 4.74 Å². The minimum absolute atomic E-state index is 0.0492. The van der Waals surface area contributed by atoms with Crippen LogP contribution in [-0.4, -0.2) is 29.6 Å². The average Bonchev–Trinajstić information content (AvgIpc) is 2.46. The number of hydrogen-bond donors (Lipinski definition) is 1. The van der Waals surface area contributed by atoms with Crippen LogP contribution in [0.1, 0.15) is 13.3 Å². The van der Waals surface area contributed by atoms with Crippen molar-refractivity contribution in [3.63, 3.8) is 0 Å². The Morgan fingerprint density at radius 3 is 3.00 bits per heavy atom. The molecule has 0 atom stereocenters. The number of pyridine rings is 1. The summed E-state index contributed by atoms with van der Waals surface area (Å²) >= 11 is 0. The van der Waals surface area contributed by atoms with Gasteiger partial charge in [-0.25, -0.2) is 0 Å². The normalized spacial score (nSPS) is 10.7. The summed E-state index contributed by atoms with van der Waals surface area (Å²) in [6, 6.07) is 6.45. The molecule has 0 aliphatic heterocycles. The Balaban J connectivity index is 2.18. The first kappa shape index (κ1) is 14.2. The molecule has 0 radical (unpaired) electrons. The highest BCUT2D eigenvalue weighted by Gasteiger charge is 2.15. The van der Waals surface area contributed by atoms with Crippen LogP contribution in [-0.2, 0) is 0 Å². The van der Waals surface area contributed by atoms with E-state index in [-0.39, 0.29) is 5.69 Å². The summed E-state index contributed by atoms with van der Waals surface area (Å²) in [7, 11) is 0. The van der Waals surface area contributed by atoms with Crippen LogP contribution < -0.4 is 10.1 Å². The highest BCUT2D eigenvalue weighted by atomic mass is 16.6. The Hall–Kier alpha value is -2.21. The number of hydrogen-bond acceptors (Lipinski definition) is 5. The van der Waals surface area contributed by atoms with Gasteiger partial charge in [-0.05, 0) is 37.7 Å². The minimum atomic E-state index is -0.404. The molecule has 1 aromatic carbocycles. The number of nitro benzene ring substituents is 1. The van der Waals surface area contributed by atoms with Crippen LogP contribution in [0.2, 0.25) is 0 Å². The SMILES string of the molecule is CCNCCCOc1ccc([N+](=O)[O-])c2cccnc12. The summed E-state index contributed by atoms with van der Waals surface area (Å²) in [5.74, 6) is 0.586. The fourth-order valence-corrected chi connectivity index (χ4v) is 1.96. The van der Waals surface area contributed by atoms with Crippen LogP contribution in [0, 0.1) is 10.1 Å². The van der Waals surface area contributed by atoms with Crippen molar-refractivity contribution in [2.75, 3.05) is 19.7 Å². The van der Waals surface area contributed by atoms with Crippen molar-refractivity contribution < 1.29 is 9.66 Å². The van der Waals surface area contributed by atoms with Gasteiger partial charge < -0.3 is 10.1 Å². The lowest BCUT2D eigenvalue weighted by Gasteiger charge is -2.09. The number of non-ortho nitro benzene ring substituents is 1. The summed E-state index contributed by atoms with van der Waals surface area (Å²) in [4.78, 5) is 14.8. The van der Waals surface area contributed by atoms with Crippen molar-refractivity contribution in [1.82, 2.24) is 10.3 Å². The highest BCUT2D eigenvalue weighted by molar-refractivity contribution is 5.92. The average molecular weight is 275 g/mol. The fraction of sp³-hybridized carbons (Fsp3) is 0.357. The molecule has 1 heterocycles. The molecule has 6 nitrogen and oxygen atoms in total. The quantitative estimate of drug-likeness (QED) is 0.477. The molecule has 0 spiro atoms. The number of nitrogens with zero attached hydrogens (tertiary/aromatic N) is 2. The Labute approximate surface area is 116 Å². The van der Waals surface area contributed by atoms with E-state index in [0.29, 0.717) is 23.3 Å². The first-order valence-corrected chi connectivity index (χ1v) is 6.59. The van der Waals surface area contributed by atoms with Gasteiger partial charge in [-0.2, -0.15) is 0 Å². The van der Waals surface area contributed by atoms with Gasteiger partial charge in [0.05, 0.1) is 16.9 Å². The van der Waals surface area contributed by atoms with Gasteiger partial charge in [0.2, 0.25) is 0 Å². The monoisotopic (exact) mass is 275 g/mol. The number of fused-ring (bicyclic) bond motifs is 1. The molecule has 2 rings (SSSR count). The van der Waals surface area contributed by atoms with Crippen LogP contribution in [0.25, 0.3) is 10.9 Å². The molecular weight excluding hydrogens is 258 g/mol. The second kappa shape index (κ2) is 6.81. The van der Waals surface area contributed by atoms with Crippen molar-refractivity contribution in [1.29, 1.82) is 0 Å². The molecular formula is C14H17N3O3. The van der Waals surface area contributed by atoms with E-state index in [2.05, 4.69) is 17.2 Å². The van der Waals surface area contributed by atoms with E-state index in [0.717, 1.165) is 19.5 Å².